The Labute approximate surface area is 227 Å². The summed E-state index contributed by atoms with van der Waals surface area (Å²) in [4.78, 5) is 39.1. The summed E-state index contributed by atoms with van der Waals surface area (Å²) in [5, 5.41) is 28.9. The van der Waals surface area contributed by atoms with E-state index in [1.165, 1.54) is 11.0 Å². The zero-order valence-corrected chi connectivity index (χ0v) is 22.3. The van der Waals surface area contributed by atoms with Gasteiger partial charge >= 0.3 is 0 Å². The number of halogens is 1. The molecule has 4 rings (SSSR count). The smallest absolute Gasteiger partial charge is 0.272 e. The largest absolute Gasteiger partial charge is 0.372 e. The number of anilines is 1. The Morgan fingerprint density at radius 2 is 1.76 bits per heavy atom. The van der Waals surface area contributed by atoms with Crippen molar-refractivity contribution in [1.82, 2.24) is 4.90 Å². The Morgan fingerprint density at radius 1 is 1.08 bits per heavy atom. The molecule has 0 spiro atoms. The van der Waals surface area contributed by atoms with Crippen molar-refractivity contribution in [2.24, 2.45) is 10.2 Å². The fraction of sp³-hybridized carbons (Fsp3) is 0.222. The minimum Gasteiger partial charge on any atom is -0.372 e. The van der Waals surface area contributed by atoms with Gasteiger partial charge in [-0.25, -0.2) is 0 Å². The lowest BCUT2D eigenvalue weighted by molar-refractivity contribution is -0.384. The first-order valence-electron chi connectivity index (χ1n) is 11.9. The zero-order valence-electron chi connectivity index (χ0n) is 20.7. The van der Waals surface area contributed by atoms with Crippen molar-refractivity contribution in [3.05, 3.63) is 91.4 Å². The molecule has 0 atom stereocenters. The highest BCUT2D eigenvalue weighted by atomic mass is 79.9. The second-order valence-electron chi connectivity index (χ2n) is 8.60. The van der Waals surface area contributed by atoms with Crippen molar-refractivity contribution in [3.8, 4) is 6.07 Å². The normalized spacial score (nSPS) is 12.6. The van der Waals surface area contributed by atoms with Crippen LogP contribution in [-0.2, 0) is 0 Å². The molecule has 0 fully saturated rings. The summed E-state index contributed by atoms with van der Waals surface area (Å²) in [6.45, 7) is 5.62. The first-order valence-corrected chi connectivity index (χ1v) is 12.6. The number of nitrogens with zero attached hydrogens (tertiary/aromatic N) is 6. The molecule has 38 heavy (non-hydrogen) atoms. The number of benzene rings is 3. The molecule has 0 saturated heterocycles. The summed E-state index contributed by atoms with van der Waals surface area (Å²) < 4.78 is 0.302. The van der Waals surface area contributed by atoms with Crippen molar-refractivity contribution in [2.75, 3.05) is 24.5 Å². The van der Waals surface area contributed by atoms with E-state index < -0.39 is 4.92 Å². The molecule has 0 bridgehead atoms. The third kappa shape index (κ3) is 5.31. The Morgan fingerprint density at radius 3 is 2.34 bits per heavy atom. The monoisotopic (exact) mass is 574 g/mol. The Balaban J connectivity index is 1.44. The van der Waals surface area contributed by atoms with E-state index in [0.717, 1.165) is 23.9 Å². The van der Waals surface area contributed by atoms with Crippen LogP contribution in [-0.4, -0.2) is 41.3 Å². The number of fused-ring (bicyclic) bond motifs is 1. The number of aryl methyl sites for hydroxylation is 1. The maximum absolute atomic E-state index is 12.6. The van der Waals surface area contributed by atoms with E-state index in [9.17, 15) is 25.0 Å². The minimum atomic E-state index is -0.575. The molecule has 3 aromatic rings. The quantitative estimate of drug-likeness (QED) is 0.124. The SMILES string of the molecule is CCN(CCCN1C(=O)c2ccccc2C1=O)c1ccc(N=Nc2c(Br)cc([N+](=O)[O-])cc2C#N)c(C)c1. The lowest BCUT2D eigenvalue weighted by atomic mass is 10.1. The van der Waals surface area contributed by atoms with Crippen LogP contribution < -0.4 is 4.90 Å². The third-order valence-electron chi connectivity index (χ3n) is 6.25. The molecule has 10 nitrogen and oxygen atoms in total. The summed E-state index contributed by atoms with van der Waals surface area (Å²) in [6, 6.07) is 16.9. The number of carbonyl (C=O) groups is 2. The lowest BCUT2D eigenvalue weighted by Crippen LogP contribution is -2.33. The van der Waals surface area contributed by atoms with Gasteiger partial charge in [-0.05, 0) is 72.1 Å². The number of non-ortho nitro benzene ring substituents is 1. The molecule has 192 valence electrons. The number of rotatable bonds is 9. The summed E-state index contributed by atoms with van der Waals surface area (Å²) in [7, 11) is 0. The predicted molar refractivity (Wildman–Crippen MR) is 145 cm³/mol. The molecule has 0 aromatic heterocycles. The molecule has 0 radical (unpaired) electrons. The second-order valence-corrected chi connectivity index (χ2v) is 9.46. The number of amides is 2. The molecule has 3 aromatic carbocycles. The van der Waals surface area contributed by atoms with Crippen LogP contribution in [0.4, 0.5) is 22.7 Å². The van der Waals surface area contributed by atoms with Gasteiger partial charge in [0.05, 0.1) is 31.8 Å². The maximum Gasteiger partial charge on any atom is 0.272 e. The Hall–Kier alpha value is -4.43. The topological polar surface area (TPSA) is 132 Å². The van der Waals surface area contributed by atoms with Crippen LogP contribution in [0.2, 0.25) is 0 Å². The molecule has 1 aliphatic rings. The van der Waals surface area contributed by atoms with E-state index in [1.807, 2.05) is 38.1 Å². The summed E-state index contributed by atoms with van der Waals surface area (Å²) in [5.41, 5.74) is 3.34. The number of carbonyl (C=O) groups excluding carboxylic acids is 2. The average molecular weight is 575 g/mol. The van der Waals surface area contributed by atoms with Gasteiger partial charge in [0.1, 0.15) is 11.8 Å². The van der Waals surface area contributed by atoms with E-state index >= 15 is 0 Å². The molecule has 0 saturated carbocycles. The van der Waals surface area contributed by atoms with Gasteiger partial charge < -0.3 is 4.90 Å². The maximum atomic E-state index is 12.6. The third-order valence-corrected chi connectivity index (χ3v) is 6.86. The van der Waals surface area contributed by atoms with Crippen LogP contribution in [0.1, 0.15) is 45.2 Å². The van der Waals surface area contributed by atoms with E-state index in [0.29, 0.717) is 40.8 Å². The van der Waals surface area contributed by atoms with E-state index in [2.05, 4.69) is 31.1 Å². The number of nitro benzene ring substituents is 1. The van der Waals surface area contributed by atoms with Crippen LogP contribution >= 0.6 is 15.9 Å². The minimum absolute atomic E-state index is 0.0410. The lowest BCUT2D eigenvalue weighted by Gasteiger charge is -2.25. The first kappa shape index (κ1) is 26.6. The van der Waals surface area contributed by atoms with Gasteiger partial charge in [0, 0.05) is 37.5 Å². The number of hydrogen-bond donors (Lipinski definition) is 0. The van der Waals surface area contributed by atoms with Crippen molar-refractivity contribution in [2.45, 2.75) is 20.3 Å². The summed E-state index contributed by atoms with van der Waals surface area (Å²) in [5.74, 6) is -0.503. The van der Waals surface area contributed by atoms with Gasteiger partial charge in [-0.15, -0.1) is 5.11 Å². The summed E-state index contributed by atoms with van der Waals surface area (Å²) >= 11 is 3.24. The van der Waals surface area contributed by atoms with Gasteiger partial charge in [0.25, 0.3) is 17.5 Å². The first-order chi connectivity index (χ1) is 18.2. The van der Waals surface area contributed by atoms with Crippen molar-refractivity contribution in [1.29, 1.82) is 5.26 Å². The second kappa shape index (κ2) is 11.3. The highest BCUT2D eigenvalue weighted by Crippen LogP contribution is 2.35. The summed E-state index contributed by atoms with van der Waals surface area (Å²) in [6.07, 6.45) is 0.616. The highest BCUT2D eigenvalue weighted by Gasteiger charge is 2.34. The van der Waals surface area contributed by atoms with Crippen LogP contribution in [0.3, 0.4) is 0 Å². The number of nitriles is 1. The highest BCUT2D eigenvalue weighted by molar-refractivity contribution is 9.10. The van der Waals surface area contributed by atoms with E-state index in [1.54, 1.807) is 24.3 Å². The molecule has 11 heteroatoms. The Kier molecular flexibility index (Phi) is 7.93. The van der Waals surface area contributed by atoms with Gasteiger partial charge in [-0.2, -0.15) is 10.4 Å². The fourth-order valence-corrected chi connectivity index (χ4v) is 4.79. The molecule has 1 heterocycles. The molecule has 2 amide bonds. The van der Waals surface area contributed by atoms with Gasteiger partial charge in [-0.3, -0.25) is 24.6 Å². The van der Waals surface area contributed by atoms with E-state index in [4.69, 9.17) is 0 Å². The van der Waals surface area contributed by atoms with Crippen LogP contribution in [0.25, 0.3) is 0 Å². The number of azo groups is 1. The Bertz CT molecular complexity index is 1480. The van der Waals surface area contributed by atoms with Gasteiger partial charge in [-0.1, -0.05) is 12.1 Å². The van der Waals surface area contributed by atoms with Crippen molar-refractivity contribution < 1.29 is 14.5 Å². The van der Waals surface area contributed by atoms with Crippen LogP contribution in [0.15, 0.2) is 69.3 Å². The van der Waals surface area contributed by atoms with Gasteiger partial charge in [0.2, 0.25) is 0 Å². The predicted octanol–water partition coefficient (Wildman–Crippen LogP) is 6.47. The molecule has 0 N–H and O–H groups in total. The molecule has 0 unspecified atom stereocenters. The average Bonchev–Trinajstić information content (AvgIpc) is 3.15. The fourth-order valence-electron chi connectivity index (χ4n) is 4.26. The van der Waals surface area contributed by atoms with Crippen LogP contribution in [0.5, 0.6) is 0 Å². The zero-order chi connectivity index (χ0) is 27.4. The molecular weight excluding hydrogens is 552 g/mol. The van der Waals surface area contributed by atoms with Crippen molar-refractivity contribution >= 4 is 50.5 Å². The molecule has 1 aliphatic heterocycles. The van der Waals surface area contributed by atoms with Crippen molar-refractivity contribution in [3.63, 3.8) is 0 Å². The van der Waals surface area contributed by atoms with Gasteiger partial charge in [0.15, 0.2) is 0 Å². The molecule has 0 aliphatic carbocycles. The number of nitro groups is 1. The van der Waals surface area contributed by atoms with E-state index in [-0.39, 0.29) is 28.8 Å². The standard InChI is InChI=1S/C27H23BrN6O4/c1-3-32(11-6-12-33-26(35)21-7-4-5-8-22(21)27(33)36)19-9-10-24(17(2)13-19)30-31-25-18(16-29)14-20(34(37)38)15-23(25)28/h4-5,7-10,13-15H,3,6,11-12H2,1-2H3. The molecular formula is C27H23BrN6O4. The number of hydrogen-bond acceptors (Lipinski definition) is 8. The number of imide groups is 1. The van der Waals surface area contributed by atoms with Crippen LogP contribution in [0, 0.1) is 28.4 Å².